The van der Waals surface area contributed by atoms with Gasteiger partial charge in [-0.3, -0.25) is 4.90 Å². The highest BCUT2D eigenvalue weighted by Crippen LogP contribution is 2.21. The van der Waals surface area contributed by atoms with Crippen LogP contribution in [0.4, 0.5) is 4.79 Å². The van der Waals surface area contributed by atoms with Crippen molar-refractivity contribution >= 4 is 11.9 Å². The van der Waals surface area contributed by atoms with Crippen LogP contribution in [0.3, 0.4) is 0 Å². The first-order valence-electron chi connectivity index (χ1n) is 7.40. The number of Topliss-reactive ketones (excluding diaryl/α,β-unsaturated/α-hetero) is 1. The van der Waals surface area contributed by atoms with Crippen molar-refractivity contribution < 1.29 is 19.1 Å². The van der Waals surface area contributed by atoms with Gasteiger partial charge < -0.3 is 14.3 Å². The second-order valence-corrected chi connectivity index (χ2v) is 6.30. The number of ether oxygens (including phenoxy) is 2. The minimum absolute atomic E-state index is 0.179. The van der Waals surface area contributed by atoms with Gasteiger partial charge in [0.05, 0.1) is 0 Å². The van der Waals surface area contributed by atoms with Crippen molar-refractivity contribution in [3.05, 3.63) is 0 Å². The van der Waals surface area contributed by atoms with Crippen LogP contribution in [-0.4, -0.2) is 41.8 Å². The number of ketones is 1. The Morgan fingerprint density at radius 2 is 1.95 bits per heavy atom. The number of hydrogen-bond acceptors (Lipinski definition) is 4. The first-order valence-corrected chi connectivity index (χ1v) is 7.40. The molecule has 116 valence electrons. The largest absolute Gasteiger partial charge is 0.444 e. The third-order valence-corrected chi connectivity index (χ3v) is 3.06. The van der Waals surface area contributed by atoms with Crippen LogP contribution < -0.4 is 0 Å². The topological polar surface area (TPSA) is 55.8 Å². The van der Waals surface area contributed by atoms with Gasteiger partial charge in [0.1, 0.15) is 17.6 Å². The fraction of sp³-hybridized carbons (Fsp3) is 0.867. The van der Waals surface area contributed by atoms with E-state index in [0.717, 1.165) is 25.7 Å². The smallest absolute Gasteiger partial charge is 0.412 e. The summed E-state index contributed by atoms with van der Waals surface area (Å²) in [5, 5.41) is 0. The first kappa shape index (κ1) is 17.0. The quantitative estimate of drug-likeness (QED) is 0.704. The second-order valence-electron chi connectivity index (χ2n) is 6.30. The summed E-state index contributed by atoms with van der Waals surface area (Å²) >= 11 is 0. The molecule has 1 aliphatic rings. The number of nitrogens with zero attached hydrogens (tertiary/aromatic N) is 1. The fourth-order valence-electron chi connectivity index (χ4n) is 2.13. The van der Waals surface area contributed by atoms with Gasteiger partial charge in [0.2, 0.25) is 0 Å². The van der Waals surface area contributed by atoms with E-state index in [1.165, 1.54) is 0 Å². The summed E-state index contributed by atoms with van der Waals surface area (Å²) in [4.78, 5) is 24.5. The van der Waals surface area contributed by atoms with E-state index in [1.54, 1.807) is 11.8 Å². The highest BCUT2D eigenvalue weighted by atomic mass is 16.6. The Morgan fingerprint density at radius 1 is 1.25 bits per heavy atom. The predicted molar refractivity (Wildman–Crippen MR) is 76.4 cm³/mol. The summed E-state index contributed by atoms with van der Waals surface area (Å²) in [6, 6.07) is 0. The summed E-state index contributed by atoms with van der Waals surface area (Å²) < 4.78 is 11.1. The van der Waals surface area contributed by atoms with Gasteiger partial charge in [0.15, 0.2) is 0 Å². The van der Waals surface area contributed by atoms with Crippen molar-refractivity contribution in [2.45, 2.75) is 71.6 Å². The molecule has 0 aromatic heterocycles. The van der Waals surface area contributed by atoms with Crippen molar-refractivity contribution in [2.24, 2.45) is 0 Å². The number of carbonyl (C=O) groups excluding carboxylic acids is 2. The van der Waals surface area contributed by atoms with Crippen LogP contribution in [0, 0.1) is 0 Å². The average molecular weight is 285 g/mol. The molecule has 20 heavy (non-hydrogen) atoms. The molecule has 1 aliphatic heterocycles. The molecule has 0 radical (unpaired) electrons. The van der Waals surface area contributed by atoms with Crippen LogP contribution in [0.5, 0.6) is 0 Å². The molecule has 0 aliphatic carbocycles. The number of amides is 1. The van der Waals surface area contributed by atoms with Crippen LogP contribution in [-0.2, 0) is 14.3 Å². The van der Waals surface area contributed by atoms with Crippen molar-refractivity contribution in [2.75, 3.05) is 13.2 Å². The SMILES string of the molecule is CC(=O)CCCCOC1CCCN1C(=O)OC(C)(C)C. The zero-order chi connectivity index (χ0) is 15.2. The van der Waals surface area contributed by atoms with E-state index in [-0.39, 0.29) is 18.1 Å². The minimum Gasteiger partial charge on any atom is -0.444 e. The van der Waals surface area contributed by atoms with Crippen LogP contribution in [0.1, 0.15) is 59.8 Å². The maximum Gasteiger partial charge on any atom is 0.412 e. The maximum absolute atomic E-state index is 12.0. The number of rotatable bonds is 6. The number of likely N-dealkylation sites (tertiary alicyclic amines) is 1. The lowest BCUT2D eigenvalue weighted by atomic mass is 10.2. The summed E-state index contributed by atoms with van der Waals surface area (Å²) in [5.41, 5.74) is -0.480. The lowest BCUT2D eigenvalue weighted by Crippen LogP contribution is -2.41. The van der Waals surface area contributed by atoms with E-state index in [4.69, 9.17) is 9.47 Å². The minimum atomic E-state index is -0.480. The molecule has 5 nitrogen and oxygen atoms in total. The molecule has 0 aromatic carbocycles. The molecule has 1 unspecified atom stereocenters. The van der Waals surface area contributed by atoms with E-state index in [9.17, 15) is 9.59 Å². The molecule has 1 amide bonds. The predicted octanol–water partition coefficient (Wildman–Crippen LogP) is 3.12. The first-order chi connectivity index (χ1) is 9.29. The zero-order valence-corrected chi connectivity index (χ0v) is 13.1. The number of hydrogen-bond donors (Lipinski definition) is 0. The van der Waals surface area contributed by atoms with Crippen molar-refractivity contribution in [3.63, 3.8) is 0 Å². The van der Waals surface area contributed by atoms with E-state index < -0.39 is 5.60 Å². The maximum atomic E-state index is 12.0. The third-order valence-electron chi connectivity index (χ3n) is 3.06. The molecular weight excluding hydrogens is 258 g/mol. The number of unbranched alkanes of at least 4 members (excludes halogenated alkanes) is 1. The highest BCUT2D eigenvalue weighted by molar-refractivity contribution is 5.75. The van der Waals surface area contributed by atoms with Crippen LogP contribution in [0.2, 0.25) is 0 Å². The van der Waals surface area contributed by atoms with Gasteiger partial charge in [0, 0.05) is 19.6 Å². The van der Waals surface area contributed by atoms with Gasteiger partial charge in [0.25, 0.3) is 0 Å². The monoisotopic (exact) mass is 285 g/mol. The average Bonchev–Trinajstić information content (AvgIpc) is 2.74. The van der Waals surface area contributed by atoms with Gasteiger partial charge in [-0.1, -0.05) is 0 Å². The standard InChI is InChI=1S/C15H27NO4/c1-12(17)8-5-6-11-19-13-9-7-10-16(13)14(18)20-15(2,3)4/h13H,5-11H2,1-4H3. The Labute approximate surface area is 121 Å². The lowest BCUT2D eigenvalue weighted by Gasteiger charge is -2.28. The lowest BCUT2D eigenvalue weighted by molar-refractivity contribution is -0.117. The molecule has 1 rings (SSSR count). The van der Waals surface area contributed by atoms with E-state index >= 15 is 0 Å². The van der Waals surface area contributed by atoms with Gasteiger partial charge >= 0.3 is 6.09 Å². The summed E-state index contributed by atoms with van der Waals surface area (Å²) in [6.07, 6.45) is 3.60. The molecule has 1 fully saturated rings. The molecular formula is C15H27NO4. The molecule has 0 spiro atoms. The van der Waals surface area contributed by atoms with E-state index in [0.29, 0.717) is 19.6 Å². The molecule has 1 atom stereocenters. The molecule has 0 bridgehead atoms. The van der Waals surface area contributed by atoms with Crippen molar-refractivity contribution in [3.8, 4) is 0 Å². The Kier molecular flexibility index (Phi) is 6.46. The Hall–Kier alpha value is -1.10. The molecule has 0 N–H and O–H groups in total. The van der Waals surface area contributed by atoms with Crippen molar-refractivity contribution in [1.29, 1.82) is 0 Å². The molecule has 1 saturated heterocycles. The van der Waals surface area contributed by atoms with Crippen LogP contribution >= 0.6 is 0 Å². The number of carbonyl (C=O) groups is 2. The third kappa shape index (κ3) is 6.37. The molecule has 0 aromatic rings. The second kappa shape index (κ2) is 7.62. The van der Waals surface area contributed by atoms with E-state index in [1.807, 2.05) is 20.8 Å². The summed E-state index contributed by atoms with van der Waals surface area (Å²) in [5.74, 6) is 0.209. The summed E-state index contributed by atoms with van der Waals surface area (Å²) in [6.45, 7) is 8.45. The molecule has 0 saturated carbocycles. The van der Waals surface area contributed by atoms with Gasteiger partial charge in [-0.15, -0.1) is 0 Å². The zero-order valence-electron chi connectivity index (χ0n) is 13.1. The van der Waals surface area contributed by atoms with Gasteiger partial charge in [-0.05, 0) is 53.4 Å². The van der Waals surface area contributed by atoms with Gasteiger partial charge in [-0.25, -0.2) is 4.79 Å². The summed E-state index contributed by atoms with van der Waals surface area (Å²) in [7, 11) is 0. The normalized spacial score (nSPS) is 19.2. The highest BCUT2D eigenvalue weighted by Gasteiger charge is 2.32. The Balaban J connectivity index is 2.30. The van der Waals surface area contributed by atoms with Crippen LogP contribution in [0.25, 0.3) is 0 Å². The van der Waals surface area contributed by atoms with Crippen LogP contribution in [0.15, 0.2) is 0 Å². The van der Waals surface area contributed by atoms with E-state index in [2.05, 4.69) is 0 Å². The molecule has 1 heterocycles. The fourth-order valence-corrected chi connectivity index (χ4v) is 2.13. The Morgan fingerprint density at radius 3 is 2.55 bits per heavy atom. The Bertz CT molecular complexity index is 335. The molecule has 5 heteroatoms. The van der Waals surface area contributed by atoms with Crippen molar-refractivity contribution in [1.82, 2.24) is 4.90 Å². The van der Waals surface area contributed by atoms with Gasteiger partial charge in [-0.2, -0.15) is 0 Å².